The van der Waals surface area contributed by atoms with Gasteiger partial charge in [0.15, 0.2) is 0 Å². The molecule has 0 spiro atoms. The smallest absolute Gasteiger partial charge is 0.311 e. The van der Waals surface area contributed by atoms with Gasteiger partial charge in [-0.15, -0.1) is 0 Å². The van der Waals surface area contributed by atoms with Gasteiger partial charge < -0.3 is 15.2 Å². The number of amides is 1. The maximum atomic E-state index is 12.1. The summed E-state index contributed by atoms with van der Waals surface area (Å²) >= 11 is 0. The molecule has 0 saturated carbocycles. The highest BCUT2D eigenvalue weighted by atomic mass is 16.5. The van der Waals surface area contributed by atoms with Crippen molar-refractivity contribution in [3.63, 3.8) is 0 Å². The first-order valence-electron chi connectivity index (χ1n) is 7.57. The maximum absolute atomic E-state index is 12.1. The largest absolute Gasteiger partial charge is 0.481 e. The topological polar surface area (TPSA) is 75.6 Å². The van der Waals surface area contributed by atoms with Crippen LogP contribution in [0, 0.1) is 19.3 Å². The Morgan fingerprint density at radius 3 is 2.59 bits per heavy atom. The highest BCUT2D eigenvalue weighted by Crippen LogP contribution is 2.30. The molecule has 0 radical (unpaired) electrons. The van der Waals surface area contributed by atoms with Gasteiger partial charge >= 0.3 is 5.97 Å². The van der Waals surface area contributed by atoms with E-state index in [9.17, 15) is 14.7 Å². The van der Waals surface area contributed by atoms with Crippen LogP contribution >= 0.6 is 0 Å². The SMILES string of the molecule is Cc1ccc(C)c(CC(=O)NCC2(C(=O)O)CCOCC2)c1. The van der Waals surface area contributed by atoms with Crippen molar-refractivity contribution in [1.29, 1.82) is 0 Å². The second-order valence-corrected chi connectivity index (χ2v) is 6.08. The molecule has 1 heterocycles. The van der Waals surface area contributed by atoms with Crippen LogP contribution in [0.4, 0.5) is 0 Å². The third-order valence-corrected chi connectivity index (χ3v) is 4.38. The Morgan fingerprint density at radius 1 is 1.27 bits per heavy atom. The predicted octanol–water partition coefficient (Wildman–Crippen LogP) is 1.84. The number of ether oxygens (including phenoxy) is 1. The van der Waals surface area contributed by atoms with Crippen molar-refractivity contribution in [2.75, 3.05) is 19.8 Å². The molecule has 2 N–H and O–H groups in total. The molecule has 0 bridgehead atoms. The van der Waals surface area contributed by atoms with Crippen LogP contribution in [0.2, 0.25) is 0 Å². The highest BCUT2D eigenvalue weighted by molar-refractivity contribution is 5.81. The highest BCUT2D eigenvalue weighted by Gasteiger charge is 2.40. The Bertz CT molecular complexity index is 562. The van der Waals surface area contributed by atoms with Gasteiger partial charge in [-0.1, -0.05) is 23.8 Å². The summed E-state index contributed by atoms with van der Waals surface area (Å²) < 4.78 is 5.23. The van der Waals surface area contributed by atoms with Crippen molar-refractivity contribution in [1.82, 2.24) is 5.32 Å². The summed E-state index contributed by atoms with van der Waals surface area (Å²) in [6.45, 7) is 4.98. The molecule has 0 aliphatic carbocycles. The van der Waals surface area contributed by atoms with Gasteiger partial charge in [-0.25, -0.2) is 0 Å². The Kier molecular flexibility index (Phi) is 5.19. The van der Waals surface area contributed by atoms with Gasteiger partial charge in [-0.2, -0.15) is 0 Å². The molecule has 1 amide bonds. The summed E-state index contributed by atoms with van der Waals surface area (Å²) in [5.41, 5.74) is 2.27. The van der Waals surface area contributed by atoms with Gasteiger partial charge in [-0.05, 0) is 37.8 Å². The van der Waals surface area contributed by atoms with Crippen LogP contribution in [0.15, 0.2) is 18.2 Å². The van der Waals surface area contributed by atoms with Crippen molar-refractivity contribution in [3.8, 4) is 0 Å². The Balaban J connectivity index is 1.96. The number of nitrogens with one attached hydrogen (secondary N) is 1. The first-order chi connectivity index (χ1) is 10.4. The van der Waals surface area contributed by atoms with Crippen molar-refractivity contribution in [2.24, 2.45) is 5.41 Å². The lowest BCUT2D eigenvalue weighted by Crippen LogP contribution is -2.46. The van der Waals surface area contributed by atoms with Gasteiger partial charge in [0, 0.05) is 19.8 Å². The number of aliphatic carboxylic acids is 1. The van der Waals surface area contributed by atoms with E-state index in [0.717, 1.165) is 16.7 Å². The van der Waals surface area contributed by atoms with E-state index in [2.05, 4.69) is 5.32 Å². The van der Waals surface area contributed by atoms with Crippen LogP contribution < -0.4 is 5.32 Å². The molecule has 1 saturated heterocycles. The zero-order chi connectivity index (χ0) is 16.2. The zero-order valence-corrected chi connectivity index (χ0v) is 13.1. The van der Waals surface area contributed by atoms with E-state index in [4.69, 9.17) is 4.74 Å². The normalized spacial score (nSPS) is 17.0. The molecule has 0 atom stereocenters. The maximum Gasteiger partial charge on any atom is 0.311 e. The van der Waals surface area contributed by atoms with Gasteiger partial charge in [0.25, 0.3) is 0 Å². The van der Waals surface area contributed by atoms with Crippen LogP contribution in [0.1, 0.15) is 29.5 Å². The molecule has 1 aliphatic rings. The number of carbonyl (C=O) groups is 2. The van der Waals surface area contributed by atoms with E-state index >= 15 is 0 Å². The number of carboxylic acids is 1. The second-order valence-electron chi connectivity index (χ2n) is 6.08. The summed E-state index contributed by atoms with van der Waals surface area (Å²) in [6, 6.07) is 6.00. The first-order valence-corrected chi connectivity index (χ1v) is 7.57. The molecule has 0 unspecified atom stereocenters. The Morgan fingerprint density at radius 2 is 1.95 bits per heavy atom. The Labute approximate surface area is 130 Å². The van der Waals surface area contributed by atoms with E-state index in [1.807, 2.05) is 32.0 Å². The van der Waals surface area contributed by atoms with Gasteiger partial charge in [-0.3, -0.25) is 9.59 Å². The van der Waals surface area contributed by atoms with Crippen LogP contribution in [0.3, 0.4) is 0 Å². The lowest BCUT2D eigenvalue weighted by molar-refractivity contribution is -0.154. The minimum absolute atomic E-state index is 0.138. The number of hydrogen-bond donors (Lipinski definition) is 2. The van der Waals surface area contributed by atoms with Crippen molar-refractivity contribution in [3.05, 3.63) is 34.9 Å². The summed E-state index contributed by atoms with van der Waals surface area (Å²) in [5.74, 6) is -0.997. The van der Waals surface area contributed by atoms with Crippen LogP contribution in [-0.4, -0.2) is 36.7 Å². The van der Waals surface area contributed by atoms with Crippen LogP contribution in [0.5, 0.6) is 0 Å². The molecular formula is C17H23NO4. The van der Waals surface area contributed by atoms with E-state index in [1.165, 1.54) is 0 Å². The van der Waals surface area contributed by atoms with Crippen molar-refractivity contribution < 1.29 is 19.4 Å². The number of benzene rings is 1. The summed E-state index contributed by atoms with van der Waals surface area (Å²) in [4.78, 5) is 23.7. The van der Waals surface area contributed by atoms with Crippen LogP contribution in [0.25, 0.3) is 0 Å². The fourth-order valence-corrected chi connectivity index (χ4v) is 2.72. The summed E-state index contributed by atoms with van der Waals surface area (Å²) in [7, 11) is 0. The average molecular weight is 305 g/mol. The number of carbonyl (C=O) groups excluding carboxylic acids is 1. The lowest BCUT2D eigenvalue weighted by atomic mass is 9.80. The second kappa shape index (κ2) is 6.92. The number of rotatable bonds is 5. The fourth-order valence-electron chi connectivity index (χ4n) is 2.72. The molecular weight excluding hydrogens is 282 g/mol. The minimum Gasteiger partial charge on any atom is -0.481 e. The van der Waals surface area contributed by atoms with E-state index in [-0.39, 0.29) is 18.9 Å². The van der Waals surface area contributed by atoms with E-state index in [1.54, 1.807) is 0 Å². The van der Waals surface area contributed by atoms with Crippen molar-refractivity contribution in [2.45, 2.75) is 33.1 Å². The standard InChI is InChI=1S/C17H23NO4/c1-12-3-4-13(2)14(9-12)10-15(19)18-11-17(16(20)21)5-7-22-8-6-17/h3-4,9H,5-8,10-11H2,1-2H3,(H,18,19)(H,20,21). The van der Waals surface area contributed by atoms with Crippen molar-refractivity contribution >= 4 is 11.9 Å². The zero-order valence-electron chi connectivity index (χ0n) is 13.1. The van der Waals surface area contributed by atoms with E-state index in [0.29, 0.717) is 26.1 Å². The predicted molar refractivity (Wildman–Crippen MR) is 82.8 cm³/mol. The molecule has 1 aromatic carbocycles. The quantitative estimate of drug-likeness (QED) is 0.870. The lowest BCUT2D eigenvalue weighted by Gasteiger charge is -2.33. The average Bonchev–Trinajstić information content (AvgIpc) is 2.50. The van der Waals surface area contributed by atoms with Gasteiger partial charge in [0.1, 0.15) is 0 Å². The third-order valence-electron chi connectivity index (χ3n) is 4.38. The third kappa shape index (κ3) is 3.85. The summed E-state index contributed by atoms with van der Waals surface area (Å²) in [6.07, 6.45) is 1.15. The number of hydrogen-bond acceptors (Lipinski definition) is 3. The van der Waals surface area contributed by atoms with Gasteiger partial charge in [0.2, 0.25) is 5.91 Å². The molecule has 120 valence electrons. The van der Waals surface area contributed by atoms with Crippen LogP contribution in [-0.2, 0) is 20.7 Å². The van der Waals surface area contributed by atoms with Gasteiger partial charge in [0.05, 0.1) is 11.8 Å². The fraction of sp³-hybridized carbons (Fsp3) is 0.529. The Hall–Kier alpha value is -1.88. The van der Waals surface area contributed by atoms with E-state index < -0.39 is 11.4 Å². The molecule has 22 heavy (non-hydrogen) atoms. The first kappa shape index (κ1) is 16.5. The molecule has 1 aromatic rings. The number of carboxylic acid groups (broad SMARTS) is 1. The molecule has 2 rings (SSSR count). The number of aryl methyl sites for hydroxylation is 2. The molecule has 1 fully saturated rings. The minimum atomic E-state index is -0.893. The summed E-state index contributed by atoms with van der Waals surface area (Å²) in [5, 5.41) is 12.3. The molecule has 5 nitrogen and oxygen atoms in total. The molecule has 1 aliphatic heterocycles. The molecule has 0 aromatic heterocycles. The monoisotopic (exact) mass is 305 g/mol. The molecule has 5 heteroatoms.